The van der Waals surface area contributed by atoms with Gasteiger partial charge in [0.15, 0.2) is 0 Å². The van der Waals surface area contributed by atoms with Crippen LogP contribution in [-0.4, -0.2) is 33.0 Å². The van der Waals surface area contributed by atoms with E-state index in [1.165, 1.54) is 11.1 Å². The average Bonchev–Trinajstić information content (AvgIpc) is 2.59. The smallest absolute Gasteiger partial charge is 0.241 e. The Balaban J connectivity index is 0.00000225. The molecule has 3 rings (SSSR count). The van der Waals surface area contributed by atoms with Gasteiger partial charge in [0.05, 0.1) is 4.90 Å². The minimum absolute atomic E-state index is 0. The van der Waals surface area contributed by atoms with Crippen molar-refractivity contribution < 1.29 is 8.42 Å². The number of fused-ring (bicyclic) bond motifs is 1. The van der Waals surface area contributed by atoms with E-state index in [2.05, 4.69) is 49.8 Å². The van der Waals surface area contributed by atoms with Crippen LogP contribution < -0.4 is 4.72 Å². The van der Waals surface area contributed by atoms with Crippen LogP contribution in [0.3, 0.4) is 0 Å². The second-order valence-electron chi connectivity index (χ2n) is 5.98. The van der Waals surface area contributed by atoms with E-state index in [-0.39, 0.29) is 17.3 Å². The Hall–Kier alpha value is -0.920. The molecule has 0 amide bonds. The molecule has 0 saturated heterocycles. The normalized spacial score (nSPS) is 14.6. The molecule has 136 valence electrons. The number of nitrogens with one attached hydrogen (secondary N) is 1. The summed E-state index contributed by atoms with van der Waals surface area (Å²) in [5, 5.41) is 0. The third-order valence-electron chi connectivity index (χ3n) is 4.28. The van der Waals surface area contributed by atoms with Crippen molar-refractivity contribution in [3.8, 4) is 0 Å². The van der Waals surface area contributed by atoms with Gasteiger partial charge >= 0.3 is 0 Å². The van der Waals surface area contributed by atoms with Gasteiger partial charge in [0.2, 0.25) is 10.0 Å². The molecule has 1 heterocycles. The van der Waals surface area contributed by atoms with Crippen molar-refractivity contribution in [2.45, 2.75) is 24.3 Å². The van der Waals surface area contributed by atoms with Crippen LogP contribution >= 0.6 is 28.3 Å². The molecule has 0 bridgehead atoms. The number of hydrogen-bond acceptors (Lipinski definition) is 3. The number of hydrogen-bond donors (Lipinski definition) is 1. The maximum atomic E-state index is 12.3. The summed E-state index contributed by atoms with van der Waals surface area (Å²) in [6, 6.07) is 15.4. The van der Waals surface area contributed by atoms with Crippen LogP contribution in [0.2, 0.25) is 0 Å². The van der Waals surface area contributed by atoms with Crippen molar-refractivity contribution in [1.29, 1.82) is 0 Å². The highest BCUT2D eigenvalue weighted by molar-refractivity contribution is 9.10. The molecule has 25 heavy (non-hydrogen) atoms. The predicted octanol–water partition coefficient (Wildman–Crippen LogP) is 3.60. The Bertz CT molecular complexity index is 814. The zero-order valence-electron chi connectivity index (χ0n) is 13.8. The zero-order chi connectivity index (χ0) is 17.0. The van der Waals surface area contributed by atoms with E-state index >= 15 is 0 Å². The lowest BCUT2D eigenvalue weighted by molar-refractivity contribution is 0.251. The summed E-state index contributed by atoms with van der Waals surface area (Å²) in [4.78, 5) is 2.67. The fourth-order valence-electron chi connectivity index (χ4n) is 2.99. The number of benzene rings is 2. The van der Waals surface area contributed by atoms with Gasteiger partial charge in [-0.1, -0.05) is 36.4 Å². The van der Waals surface area contributed by atoms with Crippen LogP contribution in [0.5, 0.6) is 0 Å². The molecule has 1 aliphatic heterocycles. The van der Waals surface area contributed by atoms with Crippen molar-refractivity contribution in [2.24, 2.45) is 0 Å². The maximum absolute atomic E-state index is 12.3. The summed E-state index contributed by atoms with van der Waals surface area (Å²) in [6.07, 6.45) is 1.87. The van der Waals surface area contributed by atoms with Crippen molar-refractivity contribution in [1.82, 2.24) is 9.62 Å². The molecule has 0 saturated carbocycles. The standard InChI is InChI=1S/C18H21BrN2O2S.ClH/c19-17-8-3-4-9-18(17)24(22,23)20-11-5-12-21-13-10-15-6-1-2-7-16(15)14-21;/h1-4,6-9,20H,5,10-14H2;1H. The number of rotatable bonds is 6. The zero-order valence-corrected chi connectivity index (χ0v) is 17.0. The van der Waals surface area contributed by atoms with Crippen LogP contribution in [0.15, 0.2) is 57.9 Å². The van der Waals surface area contributed by atoms with Crippen molar-refractivity contribution in [3.63, 3.8) is 0 Å². The Morgan fingerprint density at radius 2 is 1.72 bits per heavy atom. The number of nitrogens with zero attached hydrogens (tertiary/aromatic N) is 1. The molecule has 7 heteroatoms. The van der Waals surface area contributed by atoms with E-state index in [1.54, 1.807) is 24.3 Å². The first kappa shape index (κ1) is 20.4. The molecule has 0 aromatic heterocycles. The van der Waals surface area contributed by atoms with Gasteiger partial charge in [-0.3, -0.25) is 4.90 Å². The van der Waals surface area contributed by atoms with Crippen LogP contribution in [0, 0.1) is 0 Å². The highest BCUT2D eigenvalue weighted by Gasteiger charge is 2.18. The van der Waals surface area contributed by atoms with Gasteiger partial charge in [0, 0.05) is 24.1 Å². The minimum atomic E-state index is -3.46. The summed E-state index contributed by atoms with van der Waals surface area (Å²) in [5.74, 6) is 0. The third kappa shape index (κ3) is 5.28. The first-order valence-electron chi connectivity index (χ1n) is 8.09. The van der Waals surface area contributed by atoms with Crippen molar-refractivity contribution in [3.05, 3.63) is 64.1 Å². The van der Waals surface area contributed by atoms with E-state index in [0.717, 1.165) is 32.5 Å². The molecule has 0 spiro atoms. The maximum Gasteiger partial charge on any atom is 0.241 e. The first-order valence-corrected chi connectivity index (χ1v) is 10.4. The molecule has 0 atom stereocenters. The van der Waals surface area contributed by atoms with Gasteiger partial charge in [-0.25, -0.2) is 13.1 Å². The Morgan fingerprint density at radius 1 is 1.04 bits per heavy atom. The molecule has 0 fully saturated rings. The molecule has 0 aliphatic carbocycles. The molecule has 2 aromatic carbocycles. The number of sulfonamides is 1. The minimum Gasteiger partial charge on any atom is -0.299 e. The average molecular weight is 446 g/mol. The summed E-state index contributed by atoms with van der Waals surface area (Å²) in [5.41, 5.74) is 2.82. The molecule has 0 unspecified atom stereocenters. The Kier molecular flexibility index (Phi) is 7.46. The molecule has 1 N–H and O–H groups in total. The third-order valence-corrected chi connectivity index (χ3v) is 6.75. The van der Waals surface area contributed by atoms with Gasteiger partial charge in [0.1, 0.15) is 0 Å². The lowest BCUT2D eigenvalue weighted by atomic mass is 10.00. The SMILES string of the molecule is Cl.O=S(=O)(NCCCN1CCc2ccccc2C1)c1ccccc1Br. The van der Waals surface area contributed by atoms with Crippen LogP contribution in [-0.2, 0) is 23.0 Å². The molecule has 2 aromatic rings. The summed E-state index contributed by atoms with van der Waals surface area (Å²) in [6.45, 7) is 3.33. The van der Waals surface area contributed by atoms with Crippen LogP contribution in [0.1, 0.15) is 17.5 Å². The Morgan fingerprint density at radius 3 is 2.48 bits per heavy atom. The largest absolute Gasteiger partial charge is 0.299 e. The summed E-state index contributed by atoms with van der Waals surface area (Å²) >= 11 is 3.29. The Labute approximate surface area is 164 Å². The molecule has 1 aliphatic rings. The fraction of sp³-hybridized carbons (Fsp3) is 0.333. The van der Waals surface area contributed by atoms with E-state index in [0.29, 0.717) is 11.0 Å². The van der Waals surface area contributed by atoms with E-state index < -0.39 is 10.0 Å². The topological polar surface area (TPSA) is 49.4 Å². The summed E-state index contributed by atoms with van der Waals surface area (Å²) < 4.78 is 27.9. The molecular weight excluding hydrogens is 424 g/mol. The van der Waals surface area contributed by atoms with Gasteiger partial charge in [-0.2, -0.15) is 0 Å². The van der Waals surface area contributed by atoms with E-state index in [9.17, 15) is 8.42 Å². The summed E-state index contributed by atoms with van der Waals surface area (Å²) in [7, 11) is -3.46. The van der Waals surface area contributed by atoms with Crippen LogP contribution in [0.25, 0.3) is 0 Å². The lowest BCUT2D eigenvalue weighted by Gasteiger charge is -2.28. The molecule has 4 nitrogen and oxygen atoms in total. The molecular formula is C18H22BrClN2O2S. The monoisotopic (exact) mass is 444 g/mol. The second kappa shape index (κ2) is 9.14. The number of halogens is 2. The highest BCUT2D eigenvalue weighted by Crippen LogP contribution is 2.21. The van der Waals surface area contributed by atoms with Crippen LogP contribution in [0.4, 0.5) is 0 Å². The second-order valence-corrected chi connectivity index (χ2v) is 8.57. The predicted molar refractivity (Wildman–Crippen MR) is 107 cm³/mol. The fourth-order valence-corrected chi connectivity index (χ4v) is 5.07. The van der Waals surface area contributed by atoms with E-state index in [1.807, 2.05) is 0 Å². The van der Waals surface area contributed by atoms with Crippen molar-refractivity contribution >= 4 is 38.4 Å². The van der Waals surface area contributed by atoms with Gasteiger partial charge in [0.25, 0.3) is 0 Å². The lowest BCUT2D eigenvalue weighted by Crippen LogP contribution is -2.33. The van der Waals surface area contributed by atoms with E-state index in [4.69, 9.17) is 0 Å². The van der Waals surface area contributed by atoms with Gasteiger partial charge in [-0.05, 0) is 58.6 Å². The molecule has 0 radical (unpaired) electrons. The van der Waals surface area contributed by atoms with Crippen molar-refractivity contribution in [2.75, 3.05) is 19.6 Å². The highest BCUT2D eigenvalue weighted by atomic mass is 79.9. The van der Waals surface area contributed by atoms with Gasteiger partial charge < -0.3 is 0 Å². The first-order chi connectivity index (χ1) is 11.6. The quantitative estimate of drug-likeness (QED) is 0.691. The van der Waals surface area contributed by atoms with Gasteiger partial charge in [-0.15, -0.1) is 12.4 Å².